The molecule has 0 aliphatic heterocycles. The van der Waals surface area contributed by atoms with Gasteiger partial charge in [0.2, 0.25) is 0 Å². The molecule has 0 bridgehead atoms. The molecule has 0 aromatic heterocycles. The Balaban J connectivity index is 4.18. The van der Waals surface area contributed by atoms with Crippen molar-refractivity contribution in [3.05, 3.63) is 0 Å². The van der Waals surface area contributed by atoms with Gasteiger partial charge in [0.05, 0.1) is 0 Å². The van der Waals surface area contributed by atoms with Gasteiger partial charge in [-0.05, 0) is 34.6 Å². The fourth-order valence-electron chi connectivity index (χ4n) is 1.25. The quantitative estimate of drug-likeness (QED) is 0.576. The van der Waals surface area contributed by atoms with Crippen LogP contribution in [-0.4, -0.2) is 31.7 Å². The molecule has 0 saturated heterocycles. The first-order valence-electron chi connectivity index (χ1n) is 5.00. The van der Waals surface area contributed by atoms with Gasteiger partial charge in [0.1, 0.15) is 6.10 Å². The van der Waals surface area contributed by atoms with E-state index in [2.05, 4.69) is 0 Å². The predicted molar refractivity (Wildman–Crippen MR) is 52.7 cm³/mol. The van der Waals surface area contributed by atoms with Crippen LogP contribution in [0.3, 0.4) is 0 Å². The van der Waals surface area contributed by atoms with Crippen molar-refractivity contribution < 1.29 is 14.2 Å². The van der Waals surface area contributed by atoms with E-state index in [-0.39, 0.29) is 6.10 Å². The lowest BCUT2D eigenvalue weighted by atomic mass is 10.2. The largest absolute Gasteiger partial charge is 0.373 e. The average Bonchev–Trinajstić information content (AvgIpc) is 2.05. The zero-order valence-corrected chi connectivity index (χ0v) is 9.42. The van der Waals surface area contributed by atoms with Gasteiger partial charge in [-0.2, -0.15) is 0 Å². The Morgan fingerprint density at radius 2 is 1.46 bits per heavy atom. The van der Waals surface area contributed by atoms with E-state index in [1.165, 1.54) is 0 Å². The van der Waals surface area contributed by atoms with E-state index in [9.17, 15) is 0 Å². The standard InChI is InChI=1S/C10H22O3/c1-6-11-9(4)10(5,12-7-2)13-8-3/h9H,6-8H2,1-5H3. The Kier molecular flexibility index (Phi) is 6.29. The second kappa shape index (κ2) is 6.35. The van der Waals surface area contributed by atoms with E-state index in [1.807, 2.05) is 34.6 Å². The van der Waals surface area contributed by atoms with Crippen LogP contribution in [-0.2, 0) is 14.2 Å². The molecule has 0 aromatic rings. The normalized spacial score (nSPS) is 14.5. The maximum absolute atomic E-state index is 5.54. The molecular weight excluding hydrogens is 168 g/mol. The molecule has 1 unspecified atom stereocenters. The molecule has 3 nitrogen and oxygen atoms in total. The number of rotatable bonds is 7. The lowest BCUT2D eigenvalue weighted by Crippen LogP contribution is -2.44. The fourth-order valence-corrected chi connectivity index (χ4v) is 1.25. The van der Waals surface area contributed by atoms with Gasteiger partial charge in [-0.1, -0.05) is 0 Å². The number of hydrogen-bond donors (Lipinski definition) is 0. The number of ether oxygens (including phenoxy) is 3. The molecule has 0 aliphatic carbocycles. The smallest absolute Gasteiger partial charge is 0.191 e. The van der Waals surface area contributed by atoms with E-state index in [1.54, 1.807) is 0 Å². The highest BCUT2D eigenvalue weighted by Crippen LogP contribution is 2.20. The third-order valence-electron chi connectivity index (χ3n) is 2.02. The minimum absolute atomic E-state index is 0.0441. The first kappa shape index (κ1) is 12.9. The highest BCUT2D eigenvalue weighted by atomic mass is 16.7. The van der Waals surface area contributed by atoms with Crippen molar-refractivity contribution in [3.8, 4) is 0 Å². The van der Waals surface area contributed by atoms with Crippen LogP contribution in [0.25, 0.3) is 0 Å². The van der Waals surface area contributed by atoms with E-state index < -0.39 is 5.79 Å². The van der Waals surface area contributed by atoms with Crippen LogP contribution in [0, 0.1) is 0 Å². The summed E-state index contributed by atoms with van der Waals surface area (Å²) in [6.07, 6.45) is -0.0441. The third kappa shape index (κ3) is 4.07. The predicted octanol–water partition coefficient (Wildman–Crippen LogP) is 2.20. The summed E-state index contributed by atoms with van der Waals surface area (Å²) in [5.41, 5.74) is 0. The lowest BCUT2D eigenvalue weighted by molar-refractivity contribution is -0.273. The average molecular weight is 190 g/mol. The SMILES string of the molecule is CCOC(C)C(C)(OCC)OCC. The Morgan fingerprint density at radius 3 is 1.77 bits per heavy atom. The van der Waals surface area contributed by atoms with E-state index >= 15 is 0 Å². The Morgan fingerprint density at radius 1 is 1.00 bits per heavy atom. The van der Waals surface area contributed by atoms with Crippen LogP contribution in [0.4, 0.5) is 0 Å². The highest BCUT2D eigenvalue weighted by Gasteiger charge is 2.32. The maximum atomic E-state index is 5.54. The fraction of sp³-hybridized carbons (Fsp3) is 1.00. The molecule has 3 heteroatoms. The van der Waals surface area contributed by atoms with E-state index in [4.69, 9.17) is 14.2 Å². The van der Waals surface area contributed by atoms with Gasteiger partial charge in [-0.25, -0.2) is 0 Å². The Hall–Kier alpha value is -0.120. The van der Waals surface area contributed by atoms with Crippen molar-refractivity contribution in [2.75, 3.05) is 19.8 Å². The van der Waals surface area contributed by atoms with Crippen molar-refractivity contribution in [1.29, 1.82) is 0 Å². The molecule has 0 rings (SSSR count). The minimum Gasteiger partial charge on any atom is -0.373 e. The number of hydrogen-bond acceptors (Lipinski definition) is 3. The molecule has 0 aromatic carbocycles. The van der Waals surface area contributed by atoms with Crippen molar-refractivity contribution in [1.82, 2.24) is 0 Å². The van der Waals surface area contributed by atoms with Crippen LogP contribution in [0.1, 0.15) is 34.6 Å². The summed E-state index contributed by atoms with van der Waals surface area (Å²) in [5.74, 6) is -0.612. The van der Waals surface area contributed by atoms with Gasteiger partial charge in [-0.3, -0.25) is 0 Å². The van der Waals surface area contributed by atoms with Crippen LogP contribution in [0.5, 0.6) is 0 Å². The molecular formula is C10H22O3. The van der Waals surface area contributed by atoms with Crippen molar-refractivity contribution in [2.45, 2.75) is 46.5 Å². The summed E-state index contributed by atoms with van der Waals surface area (Å²) in [4.78, 5) is 0. The summed E-state index contributed by atoms with van der Waals surface area (Å²) in [5, 5.41) is 0. The van der Waals surface area contributed by atoms with Crippen molar-refractivity contribution in [3.63, 3.8) is 0 Å². The molecule has 0 fully saturated rings. The first-order valence-corrected chi connectivity index (χ1v) is 5.00. The Labute approximate surface area is 81.4 Å². The molecule has 0 aliphatic rings. The molecule has 80 valence electrons. The molecule has 0 spiro atoms. The molecule has 0 heterocycles. The second-order valence-electron chi connectivity index (χ2n) is 2.98. The van der Waals surface area contributed by atoms with Crippen LogP contribution in [0.2, 0.25) is 0 Å². The topological polar surface area (TPSA) is 27.7 Å². The van der Waals surface area contributed by atoms with Gasteiger partial charge in [0.15, 0.2) is 5.79 Å². The monoisotopic (exact) mass is 190 g/mol. The summed E-state index contributed by atoms with van der Waals surface area (Å²) < 4.78 is 16.5. The summed E-state index contributed by atoms with van der Waals surface area (Å²) >= 11 is 0. The maximum Gasteiger partial charge on any atom is 0.191 e. The van der Waals surface area contributed by atoms with Crippen molar-refractivity contribution >= 4 is 0 Å². The zero-order valence-electron chi connectivity index (χ0n) is 9.42. The van der Waals surface area contributed by atoms with Crippen LogP contribution < -0.4 is 0 Å². The van der Waals surface area contributed by atoms with Crippen LogP contribution in [0.15, 0.2) is 0 Å². The summed E-state index contributed by atoms with van der Waals surface area (Å²) in [6.45, 7) is 11.7. The van der Waals surface area contributed by atoms with Crippen molar-refractivity contribution in [2.24, 2.45) is 0 Å². The third-order valence-corrected chi connectivity index (χ3v) is 2.02. The summed E-state index contributed by atoms with van der Waals surface area (Å²) in [6, 6.07) is 0. The molecule has 0 N–H and O–H groups in total. The molecule has 13 heavy (non-hydrogen) atoms. The molecule has 1 atom stereocenters. The zero-order chi connectivity index (χ0) is 10.3. The van der Waals surface area contributed by atoms with Crippen LogP contribution >= 0.6 is 0 Å². The van der Waals surface area contributed by atoms with Gasteiger partial charge in [0.25, 0.3) is 0 Å². The molecule has 0 amide bonds. The van der Waals surface area contributed by atoms with Gasteiger partial charge < -0.3 is 14.2 Å². The van der Waals surface area contributed by atoms with Gasteiger partial charge in [0, 0.05) is 19.8 Å². The minimum atomic E-state index is -0.612. The van der Waals surface area contributed by atoms with E-state index in [0.29, 0.717) is 19.8 Å². The Bertz CT molecular complexity index is 119. The van der Waals surface area contributed by atoms with E-state index in [0.717, 1.165) is 0 Å². The molecule has 0 radical (unpaired) electrons. The van der Waals surface area contributed by atoms with Gasteiger partial charge >= 0.3 is 0 Å². The van der Waals surface area contributed by atoms with Gasteiger partial charge in [-0.15, -0.1) is 0 Å². The first-order chi connectivity index (χ1) is 6.10. The second-order valence-corrected chi connectivity index (χ2v) is 2.98. The lowest BCUT2D eigenvalue weighted by Gasteiger charge is -2.34. The highest BCUT2D eigenvalue weighted by molar-refractivity contribution is 4.71. The molecule has 0 saturated carbocycles. The summed E-state index contributed by atoms with van der Waals surface area (Å²) in [7, 11) is 0.